The highest BCUT2D eigenvalue weighted by molar-refractivity contribution is 5.98. The summed E-state index contributed by atoms with van der Waals surface area (Å²) in [5, 5.41) is 8.26. The van der Waals surface area contributed by atoms with Crippen molar-refractivity contribution in [2.24, 2.45) is 5.73 Å². The second-order valence-electron chi connectivity index (χ2n) is 2.32. The van der Waals surface area contributed by atoms with Gasteiger partial charge in [0.05, 0.1) is 0 Å². The van der Waals surface area contributed by atoms with Crippen LogP contribution in [0.2, 0.25) is 0 Å². The van der Waals surface area contributed by atoms with Crippen molar-refractivity contribution in [2.45, 2.75) is 13.8 Å². The lowest BCUT2D eigenvalue weighted by Gasteiger charge is -1.97. The zero-order chi connectivity index (χ0) is 9.72. The van der Waals surface area contributed by atoms with Crippen LogP contribution < -0.4 is 5.73 Å². The first kappa shape index (κ1) is 10.4. The second kappa shape index (κ2) is 4.33. The Bertz CT molecular complexity index is 259. The summed E-state index contributed by atoms with van der Waals surface area (Å²) < 4.78 is 0. The van der Waals surface area contributed by atoms with Gasteiger partial charge in [0, 0.05) is 17.3 Å². The molecule has 4 heteroatoms. The molecule has 0 radical (unpaired) electrons. The third-order valence-electron chi connectivity index (χ3n) is 1.20. The summed E-state index contributed by atoms with van der Waals surface area (Å²) in [6, 6.07) is 0. The second-order valence-corrected chi connectivity index (χ2v) is 2.32. The monoisotopic (exact) mass is 169 g/mol. The molecule has 0 spiro atoms. The van der Waals surface area contributed by atoms with Crippen LogP contribution >= 0.6 is 0 Å². The van der Waals surface area contributed by atoms with E-state index >= 15 is 0 Å². The van der Waals surface area contributed by atoms with Gasteiger partial charge in [0.15, 0.2) is 5.78 Å². The fraction of sp³-hybridized carbons (Fsp3) is 0.250. The average Bonchev–Trinajstić information content (AvgIpc) is 1.84. The van der Waals surface area contributed by atoms with Crippen LogP contribution in [0.5, 0.6) is 0 Å². The highest BCUT2D eigenvalue weighted by atomic mass is 16.4. The topological polar surface area (TPSA) is 80.4 Å². The van der Waals surface area contributed by atoms with Crippen molar-refractivity contribution < 1.29 is 14.7 Å². The molecule has 0 aromatic rings. The van der Waals surface area contributed by atoms with Crippen LogP contribution in [0, 0.1) is 0 Å². The van der Waals surface area contributed by atoms with Gasteiger partial charge < -0.3 is 10.8 Å². The summed E-state index contributed by atoms with van der Waals surface area (Å²) in [6.07, 6.45) is 2.08. The molecule has 0 aromatic carbocycles. The van der Waals surface area contributed by atoms with Gasteiger partial charge in [-0.25, -0.2) is 4.79 Å². The first-order valence-corrected chi connectivity index (χ1v) is 3.33. The first-order chi connectivity index (χ1) is 5.45. The van der Waals surface area contributed by atoms with Crippen LogP contribution in [0.15, 0.2) is 23.4 Å². The largest absolute Gasteiger partial charge is 0.478 e. The van der Waals surface area contributed by atoms with Gasteiger partial charge >= 0.3 is 5.97 Å². The van der Waals surface area contributed by atoms with E-state index in [9.17, 15) is 9.59 Å². The van der Waals surface area contributed by atoms with E-state index in [-0.39, 0.29) is 11.4 Å². The zero-order valence-electron chi connectivity index (χ0n) is 7.00. The number of Topliss-reactive ketones (excluding diaryl/α,β-unsaturated/α-hetero) is 1. The van der Waals surface area contributed by atoms with Crippen molar-refractivity contribution in [1.29, 1.82) is 0 Å². The predicted octanol–water partition coefficient (Wildman–Crippen LogP) is 0.449. The van der Waals surface area contributed by atoms with Crippen LogP contribution in [-0.2, 0) is 9.59 Å². The Labute approximate surface area is 70.4 Å². The van der Waals surface area contributed by atoms with E-state index in [1.165, 1.54) is 13.0 Å². The number of carboxylic acid groups (broad SMARTS) is 1. The van der Waals surface area contributed by atoms with Crippen molar-refractivity contribution in [1.82, 2.24) is 0 Å². The number of ketones is 1. The maximum atomic E-state index is 10.8. The minimum atomic E-state index is -1.10. The fourth-order valence-corrected chi connectivity index (χ4v) is 0.681. The fourth-order valence-electron chi connectivity index (χ4n) is 0.681. The molecule has 0 bridgehead atoms. The number of hydrogen-bond acceptors (Lipinski definition) is 3. The van der Waals surface area contributed by atoms with Crippen LogP contribution in [0.1, 0.15) is 13.8 Å². The number of carboxylic acids is 1. The number of rotatable bonds is 3. The lowest BCUT2D eigenvalue weighted by molar-refractivity contribution is -0.131. The van der Waals surface area contributed by atoms with Gasteiger partial charge in [-0.3, -0.25) is 4.79 Å². The van der Waals surface area contributed by atoms with E-state index in [0.29, 0.717) is 5.70 Å². The third kappa shape index (κ3) is 3.55. The van der Waals surface area contributed by atoms with Crippen molar-refractivity contribution >= 4 is 11.8 Å². The molecule has 0 aliphatic carbocycles. The van der Waals surface area contributed by atoms with E-state index in [1.807, 2.05) is 0 Å². The van der Waals surface area contributed by atoms with Gasteiger partial charge in [0.25, 0.3) is 0 Å². The Balaban J connectivity index is 4.70. The summed E-state index contributed by atoms with van der Waals surface area (Å²) in [5.41, 5.74) is 5.89. The van der Waals surface area contributed by atoms with E-state index in [4.69, 9.17) is 10.8 Å². The molecule has 0 rings (SSSR count). The predicted molar refractivity (Wildman–Crippen MR) is 44.3 cm³/mol. The summed E-state index contributed by atoms with van der Waals surface area (Å²) in [4.78, 5) is 20.9. The Kier molecular flexibility index (Phi) is 3.76. The van der Waals surface area contributed by atoms with Gasteiger partial charge in [-0.05, 0) is 19.9 Å². The van der Waals surface area contributed by atoms with Crippen LogP contribution in [0.25, 0.3) is 0 Å². The minimum Gasteiger partial charge on any atom is -0.478 e. The molecular weight excluding hydrogens is 158 g/mol. The average molecular weight is 169 g/mol. The van der Waals surface area contributed by atoms with E-state index in [2.05, 4.69) is 0 Å². The smallest absolute Gasteiger partial charge is 0.328 e. The number of allylic oxidation sites excluding steroid dienone is 3. The highest BCUT2D eigenvalue weighted by Gasteiger charge is 2.02. The molecule has 0 saturated heterocycles. The minimum absolute atomic E-state index is 0.234. The number of carbonyl (C=O) groups is 2. The van der Waals surface area contributed by atoms with Gasteiger partial charge in [-0.15, -0.1) is 0 Å². The van der Waals surface area contributed by atoms with Crippen molar-refractivity contribution in [2.75, 3.05) is 0 Å². The van der Waals surface area contributed by atoms with Gasteiger partial charge in [-0.1, -0.05) is 0 Å². The molecule has 0 amide bonds. The number of aliphatic carboxylic acids is 1. The van der Waals surface area contributed by atoms with Crippen molar-refractivity contribution in [3.8, 4) is 0 Å². The van der Waals surface area contributed by atoms with Crippen LogP contribution in [0.3, 0.4) is 0 Å². The maximum absolute atomic E-state index is 10.8. The SMILES string of the molecule is CC(=O)C(/C=C/C(=O)O)=C(/C)N. The third-order valence-corrected chi connectivity index (χ3v) is 1.20. The Morgan fingerprint density at radius 1 is 1.25 bits per heavy atom. The molecule has 0 saturated carbocycles. The molecule has 66 valence electrons. The number of hydrogen-bond donors (Lipinski definition) is 2. The lowest BCUT2D eigenvalue weighted by Crippen LogP contribution is -2.04. The van der Waals surface area contributed by atoms with Crippen LogP contribution in [0.4, 0.5) is 0 Å². The molecule has 0 aromatic heterocycles. The Morgan fingerprint density at radius 2 is 1.75 bits per heavy atom. The summed E-state index contributed by atoms with van der Waals surface area (Å²) in [5.74, 6) is -1.34. The molecule has 0 heterocycles. The Hall–Kier alpha value is -1.58. The van der Waals surface area contributed by atoms with Crippen molar-refractivity contribution in [3.63, 3.8) is 0 Å². The normalized spacial score (nSPS) is 12.8. The highest BCUT2D eigenvalue weighted by Crippen LogP contribution is 2.01. The molecule has 0 atom stereocenters. The molecule has 0 unspecified atom stereocenters. The van der Waals surface area contributed by atoms with Gasteiger partial charge in [0.1, 0.15) is 0 Å². The maximum Gasteiger partial charge on any atom is 0.328 e. The summed E-state index contributed by atoms with van der Waals surface area (Å²) >= 11 is 0. The number of nitrogens with two attached hydrogens (primary N) is 1. The summed E-state index contributed by atoms with van der Waals surface area (Å²) in [6.45, 7) is 2.88. The van der Waals surface area contributed by atoms with E-state index in [0.717, 1.165) is 6.08 Å². The van der Waals surface area contributed by atoms with Crippen molar-refractivity contribution in [3.05, 3.63) is 23.4 Å². The molecule has 0 fully saturated rings. The van der Waals surface area contributed by atoms with Gasteiger partial charge in [-0.2, -0.15) is 0 Å². The quantitative estimate of drug-likeness (QED) is 0.474. The lowest BCUT2D eigenvalue weighted by atomic mass is 10.1. The first-order valence-electron chi connectivity index (χ1n) is 3.33. The molecule has 3 N–H and O–H groups in total. The Morgan fingerprint density at radius 3 is 2.00 bits per heavy atom. The zero-order valence-corrected chi connectivity index (χ0v) is 7.00. The number of carbonyl (C=O) groups excluding carboxylic acids is 1. The molecule has 0 aliphatic heterocycles. The van der Waals surface area contributed by atoms with Gasteiger partial charge in [0.2, 0.25) is 0 Å². The molecule has 4 nitrogen and oxygen atoms in total. The van der Waals surface area contributed by atoms with E-state index in [1.54, 1.807) is 6.92 Å². The van der Waals surface area contributed by atoms with Crippen LogP contribution in [-0.4, -0.2) is 16.9 Å². The van der Waals surface area contributed by atoms with E-state index < -0.39 is 5.97 Å². The summed E-state index contributed by atoms with van der Waals surface area (Å²) in [7, 11) is 0. The standard InChI is InChI=1S/C8H11NO3/c1-5(9)7(6(2)10)3-4-8(11)12/h3-4H,9H2,1-2H3,(H,11,12)/b4-3+,7-5-. The molecule has 12 heavy (non-hydrogen) atoms. The molecular formula is C8H11NO3. The molecule has 0 aliphatic rings.